The van der Waals surface area contributed by atoms with E-state index >= 15 is 0 Å². The van der Waals surface area contributed by atoms with Crippen LogP contribution in [0.25, 0.3) is 11.2 Å². The number of aliphatic hydroxyl groups excluding tert-OH is 2. The van der Waals surface area contributed by atoms with Crippen molar-refractivity contribution in [1.82, 2.24) is 19.5 Å². The van der Waals surface area contributed by atoms with Crippen LogP contribution < -0.4 is 5.73 Å². The summed E-state index contributed by atoms with van der Waals surface area (Å²) >= 11 is 2.01. The fourth-order valence-corrected chi connectivity index (χ4v) is 3.22. The first-order chi connectivity index (χ1) is 9.15. The first-order valence-electron chi connectivity index (χ1n) is 6.03. The number of hydrogen-bond acceptors (Lipinski definition) is 6. The average Bonchev–Trinajstić information content (AvgIpc) is 2.73. The zero-order valence-corrected chi connectivity index (χ0v) is 12.2. The number of anilines is 1. The second-order valence-corrected chi connectivity index (χ2v) is 5.76. The van der Waals surface area contributed by atoms with Gasteiger partial charge in [-0.15, -0.1) is 0 Å². The van der Waals surface area contributed by atoms with Crippen LogP contribution in [0.5, 0.6) is 0 Å². The highest BCUT2D eigenvalue weighted by atomic mass is 127. The molecule has 1 fully saturated rings. The first-order valence-corrected chi connectivity index (χ1v) is 7.10. The molecule has 0 saturated heterocycles. The van der Waals surface area contributed by atoms with E-state index in [1.807, 2.05) is 27.2 Å². The quantitative estimate of drug-likeness (QED) is 0.521. The summed E-state index contributed by atoms with van der Waals surface area (Å²) < 4.78 is 2.51. The standard InChI is InChI=1S/C11H14IN5O2/c12-11-15-9(13)8-10(16-11)17(4-14-8)7-1-5(2-18)6(7)3-19/h4-7,18-19H,1-3H2,(H2,13,15,16)/t5-,6-,7-/m1/s1. The van der Waals surface area contributed by atoms with Gasteiger partial charge in [0.15, 0.2) is 15.3 Å². The molecule has 1 aliphatic rings. The summed E-state index contributed by atoms with van der Waals surface area (Å²) in [6, 6.07) is 0.109. The Morgan fingerprint density at radius 1 is 1.37 bits per heavy atom. The van der Waals surface area contributed by atoms with Crippen LogP contribution in [-0.2, 0) is 0 Å². The van der Waals surface area contributed by atoms with Crippen LogP contribution in [0.4, 0.5) is 5.82 Å². The van der Waals surface area contributed by atoms with E-state index in [1.165, 1.54) is 0 Å². The number of halogens is 1. The number of imidazole rings is 1. The van der Waals surface area contributed by atoms with Gasteiger partial charge in [-0.25, -0.2) is 15.0 Å². The van der Waals surface area contributed by atoms with Crippen LogP contribution in [-0.4, -0.2) is 42.9 Å². The van der Waals surface area contributed by atoms with E-state index in [4.69, 9.17) is 5.73 Å². The monoisotopic (exact) mass is 375 g/mol. The summed E-state index contributed by atoms with van der Waals surface area (Å²) in [5, 5.41) is 18.7. The molecule has 0 aromatic carbocycles. The van der Waals surface area contributed by atoms with Crippen LogP contribution in [0.2, 0.25) is 0 Å². The maximum absolute atomic E-state index is 9.43. The predicted molar refractivity (Wildman–Crippen MR) is 77.3 cm³/mol. The summed E-state index contributed by atoms with van der Waals surface area (Å²) in [4.78, 5) is 12.7. The van der Waals surface area contributed by atoms with Crippen LogP contribution in [0.3, 0.4) is 0 Å². The van der Waals surface area contributed by atoms with Crippen molar-refractivity contribution in [3.8, 4) is 0 Å². The third-order valence-corrected chi connectivity index (χ3v) is 4.35. The zero-order valence-electron chi connectivity index (χ0n) is 10.1. The molecule has 1 saturated carbocycles. The minimum Gasteiger partial charge on any atom is -0.396 e. The molecule has 7 nitrogen and oxygen atoms in total. The van der Waals surface area contributed by atoms with E-state index in [1.54, 1.807) is 6.33 Å². The molecule has 8 heteroatoms. The lowest BCUT2D eigenvalue weighted by atomic mass is 9.70. The van der Waals surface area contributed by atoms with Gasteiger partial charge < -0.3 is 20.5 Å². The number of nitrogens with two attached hydrogens (primary N) is 1. The SMILES string of the molecule is Nc1nc(I)nc2c1ncn2[C@@H]1C[C@H](CO)[C@H]1CO. The smallest absolute Gasteiger partial charge is 0.194 e. The van der Waals surface area contributed by atoms with Gasteiger partial charge in [0, 0.05) is 47.8 Å². The molecular weight excluding hydrogens is 361 g/mol. The fourth-order valence-electron chi connectivity index (χ4n) is 2.73. The van der Waals surface area contributed by atoms with Crippen molar-refractivity contribution in [3.05, 3.63) is 10.2 Å². The van der Waals surface area contributed by atoms with Crippen molar-refractivity contribution in [1.29, 1.82) is 0 Å². The largest absolute Gasteiger partial charge is 0.396 e. The number of aliphatic hydroxyl groups is 2. The van der Waals surface area contributed by atoms with Crippen LogP contribution in [0.1, 0.15) is 12.5 Å². The van der Waals surface area contributed by atoms with Gasteiger partial charge in [0.2, 0.25) is 0 Å². The van der Waals surface area contributed by atoms with Gasteiger partial charge in [0.1, 0.15) is 5.52 Å². The Morgan fingerprint density at radius 3 is 2.84 bits per heavy atom. The lowest BCUT2D eigenvalue weighted by molar-refractivity contribution is -0.00529. The number of nitrogen functional groups attached to an aromatic ring is 1. The molecule has 2 aromatic heterocycles. The second kappa shape index (κ2) is 4.84. The molecule has 102 valence electrons. The molecule has 0 bridgehead atoms. The van der Waals surface area contributed by atoms with Crippen molar-refractivity contribution >= 4 is 39.6 Å². The summed E-state index contributed by atoms with van der Waals surface area (Å²) in [5.41, 5.74) is 7.11. The van der Waals surface area contributed by atoms with Crippen molar-refractivity contribution in [2.45, 2.75) is 12.5 Å². The Morgan fingerprint density at radius 2 is 2.16 bits per heavy atom. The summed E-state index contributed by atoms with van der Waals surface area (Å²) in [5.74, 6) is 0.550. The van der Waals surface area contributed by atoms with Gasteiger partial charge >= 0.3 is 0 Å². The van der Waals surface area contributed by atoms with E-state index in [-0.39, 0.29) is 31.1 Å². The van der Waals surface area contributed by atoms with Crippen molar-refractivity contribution in [2.75, 3.05) is 18.9 Å². The summed E-state index contributed by atoms with van der Waals surface area (Å²) in [7, 11) is 0. The van der Waals surface area contributed by atoms with Gasteiger partial charge in [0.25, 0.3) is 0 Å². The van der Waals surface area contributed by atoms with E-state index in [0.29, 0.717) is 20.8 Å². The number of rotatable bonds is 3. The highest BCUT2D eigenvalue weighted by molar-refractivity contribution is 14.1. The van der Waals surface area contributed by atoms with Crippen LogP contribution in [0, 0.1) is 15.7 Å². The summed E-state index contributed by atoms with van der Waals surface area (Å²) in [6.45, 7) is 0.149. The molecule has 0 unspecified atom stereocenters. The molecule has 1 aliphatic carbocycles. The predicted octanol–water partition coefficient (Wildman–Crippen LogP) is 0.175. The van der Waals surface area contributed by atoms with Crippen LogP contribution in [0.15, 0.2) is 6.33 Å². The molecule has 3 rings (SSSR count). The van der Waals surface area contributed by atoms with Gasteiger partial charge in [-0.2, -0.15) is 0 Å². The molecule has 0 amide bonds. The summed E-state index contributed by atoms with van der Waals surface area (Å²) in [6.07, 6.45) is 2.50. The lowest BCUT2D eigenvalue weighted by Crippen LogP contribution is -2.42. The Kier molecular flexibility index (Phi) is 3.31. The molecule has 4 N–H and O–H groups in total. The second-order valence-electron chi connectivity index (χ2n) is 4.79. The number of nitrogens with zero attached hydrogens (tertiary/aromatic N) is 4. The minimum atomic E-state index is 0.0382. The Labute approximate surface area is 123 Å². The highest BCUT2D eigenvalue weighted by Crippen LogP contribution is 2.44. The number of fused-ring (bicyclic) bond motifs is 1. The van der Waals surface area contributed by atoms with Gasteiger partial charge in [-0.1, -0.05) is 0 Å². The molecule has 19 heavy (non-hydrogen) atoms. The maximum Gasteiger partial charge on any atom is 0.194 e. The molecular formula is C11H14IN5O2. The Hall–Kier alpha value is -1.00. The topological polar surface area (TPSA) is 110 Å². The van der Waals surface area contributed by atoms with Gasteiger partial charge in [0.05, 0.1) is 6.33 Å². The molecule has 0 aliphatic heterocycles. The molecule has 2 heterocycles. The Balaban J connectivity index is 2.02. The normalized spacial score (nSPS) is 26.6. The maximum atomic E-state index is 9.43. The third-order valence-electron chi connectivity index (χ3n) is 3.87. The average molecular weight is 375 g/mol. The van der Waals surface area contributed by atoms with Crippen molar-refractivity contribution in [2.24, 2.45) is 11.8 Å². The fraction of sp³-hybridized carbons (Fsp3) is 0.545. The molecule has 3 atom stereocenters. The third kappa shape index (κ3) is 1.98. The van der Waals surface area contributed by atoms with Gasteiger partial charge in [-0.3, -0.25) is 0 Å². The van der Waals surface area contributed by atoms with Gasteiger partial charge in [-0.05, 0) is 12.3 Å². The minimum absolute atomic E-state index is 0.0382. The van der Waals surface area contributed by atoms with Crippen molar-refractivity contribution in [3.63, 3.8) is 0 Å². The van der Waals surface area contributed by atoms with Crippen LogP contribution >= 0.6 is 22.6 Å². The molecule has 2 aromatic rings. The van der Waals surface area contributed by atoms with E-state index in [2.05, 4.69) is 15.0 Å². The first kappa shape index (κ1) is 13.0. The molecule has 0 spiro atoms. The zero-order chi connectivity index (χ0) is 13.6. The van der Waals surface area contributed by atoms with E-state index < -0.39 is 0 Å². The molecule has 0 radical (unpaired) electrons. The highest BCUT2D eigenvalue weighted by Gasteiger charge is 2.41. The van der Waals surface area contributed by atoms with Crippen molar-refractivity contribution < 1.29 is 10.2 Å². The van der Waals surface area contributed by atoms with E-state index in [9.17, 15) is 10.2 Å². The Bertz CT molecular complexity index is 616. The lowest BCUT2D eigenvalue weighted by Gasteiger charge is -2.43. The number of aromatic nitrogens is 4. The number of hydrogen-bond donors (Lipinski definition) is 3. The van der Waals surface area contributed by atoms with E-state index in [0.717, 1.165) is 6.42 Å².